The van der Waals surface area contributed by atoms with Crippen LogP contribution in [-0.2, 0) is 13.1 Å². The maximum Gasteiger partial charge on any atom is 0.259 e. The number of amides is 2. The van der Waals surface area contributed by atoms with Gasteiger partial charge in [0.1, 0.15) is 17.9 Å². The standard InChI is InChI=1S/C23H24ClN3O4/c1-30-21-18(11-17-19(25-21)13-27(23(17)29)16-4-2-3-5-16)22(28)26-8-9-31-20-7-6-15(24)10-14(20)12-26/h6-7,10-11,16H,2-5,8-9,12-13H2,1H3. The highest BCUT2D eigenvalue weighted by Crippen LogP contribution is 2.34. The molecule has 0 saturated heterocycles. The Labute approximate surface area is 185 Å². The quantitative estimate of drug-likeness (QED) is 0.726. The number of nitrogens with zero attached hydrogens (tertiary/aromatic N) is 3. The molecule has 1 fully saturated rings. The van der Waals surface area contributed by atoms with Crippen LogP contribution in [-0.4, -0.2) is 52.9 Å². The zero-order valence-corrected chi connectivity index (χ0v) is 18.2. The van der Waals surface area contributed by atoms with Crippen molar-refractivity contribution in [3.05, 3.63) is 51.7 Å². The predicted molar refractivity (Wildman–Crippen MR) is 115 cm³/mol. The van der Waals surface area contributed by atoms with Crippen molar-refractivity contribution < 1.29 is 19.1 Å². The van der Waals surface area contributed by atoms with Crippen LogP contribution in [0, 0.1) is 0 Å². The van der Waals surface area contributed by atoms with Gasteiger partial charge in [0.05, 0.1) is 31.5 Å². The first-order valence-electron chi connectivity index (χ1n) is 10.6. The third kappa shape index (κ3) is 3.61. The number of hydrogen-bond donors (Lipinski definition) is 0. The molecule has 162 valence electrons. The van der Waals surface area contributed by atoms with Crippen molar-refractivity contribution >= 4 is 23.4 Å². The molecule has 2 aromatic rings. The van der Waals surface area contributed by atoms with Gasteiger partial charge in [-0.3, -0.25) is 9.59 Å². The van der Waals surface area contributed by atoms with Crippen LogP contribution in [0.5, 0.6) is 11.6 Å². The molecule has 7 nitrogen and oxygen atoms in total. The lowest BCUT2D eigenvalue weighted by Gasteiger charge is -2.22. The molecule has 0 radical (unpaired) electrons. The predicted octanol–water partition coefficient (Wildman–Crippen LogP) is 3.68. The molecular weight excluding hydrogens is 418 g/mol. The lowest BCUT2D eigenvalue weighted by molar-refractivity contribution is 0.0706. The summed E-state index contributed by atoms with van der Waals surface area (Å²) in [5, 5.41) is 0.589. The number of fused-ring (bicyclic) bond motifs is 2. The molecule has 0 atom stereocenters. The van der Waals surface area contributed by atoms with E-state index < -0.39 is 0 Å². The molecule has 1 aliphatic carbocycles. The lowest BCUT2D eigenvalue weighted by Crippen LogP contribution is -2.33. The summed E-state index contributed by atoms with van der Waals surface area (Å²) in [6.07, 6.45) is 4.35. The van der Waals surface area contributed by atoms with E-state index in [0.29, 0.717) is 48.1 Å². The molecule has 3 aliphatic rings. The molecule has 1 aromatic carbocycles. The van der Waals surface area contributed by atoms with Gasteiger partial charge in [-0.25, -0.2) is 4.98 Å². The van der Waals surface area contributed by atoms with Crippen molar-refractivity contribution in [1.82, 2.24) is 14.8 Å². The van der Waals surface area contributed by atoms with E-state index in [0.717, 1.165) is 37.0 Å². The average Bonchev–Trinajstić information content (AvgIpc) is 3.35. The molecule has 0 unspecified atom stereocenters. The molecule has 1 saturated carbocycles. The second-order valence-electron chi connectivity index (χ2n) is 8.24. The third-order valence-electron chi connectivity index (χ3n) is 6.36. The zero-order valence-electron chi connectivity index (χ0n) is 17.4. The summed E-state index contributed by atoms with van der Waals surface area (Å²) in [6.45, 7) is 1.62. The smallest absolute Gasteiger partial charge is 0.259 e. The van der Waals surface area contributed by atoms with Crippen LogP contribution in [0.25, 0.3) is 0 Å². The van der Waals surface area contributed by atoms with Gasteiger partial charge in [-0.15, -0.1) is 0 Å². The van der Waals surface area contributed by atoms with E-state index in [2.05, 4.69) is 4.98 Å². The van der Waals surface area contributed by atoms with Gasteiger partial charge in [-0.2, -0.15) is 0 Å². The summed E-state index contributed by atoms with van der Waals surface area (Å²) >= 11 is 6.14. The van der Waals surface area contributed by atoms with Crippen molar-refractivity contribution in [3.8, 4) is 11.6 Å². The van der Waals surface area contributed by atoms with E-state index >= 15 is 0 Å². The molecule has 2 aliphatic heterocycles. The van der Waals surface area contributed by atoms with Gasteiger partial charge < -0.3 is 19.3 Å². The molecule has 1 aromatic heterocycles. The Morgan fingerprint density at radius 3 is 2.81 bits per heavy atom. The van der Waals surface area contributed by atoms with Crippen LogP contribution >= 0.6 is 11.6 Å². The topological polar surface area (TPSA) is 72.0 Å². The number of ether oxygens (including phenoxy) is 2. The molecule has 0 N–H and O–H groups in total. The van der Waals surface area contributed by atoms with Crippen molar-refractivity contribution in [2.75, 3.05) is 20.3 Å². The van der Waals surface area contributed by atoms with Gasteiger partial charge >= 0.3 is 0 Å². The van der Waals surface area contributed by atoms with Gasteiger partial charge in [-0.05, 0) is 37.1 Å². The van der Waals surface area contributed by atoms with Gasteiger partial charge in [0.25, 0.3) is 11.8 Å². The Morgan fingerprint density at radius 2 is 2.03 bits per heavy atom. The molecule has 0 bridgehead atoms. The van der Waals surface area contributed by atoms with E-state index in [1.807, 2.05) is 17.0 Å². The minimum atomic E-state index is -0.240. The average molecular weight is 442 g/mol. The number of benzene rings is 1. The minimum absolute atomic E-state index is 0.0394. The molecular formula is C23H24ClN3O4. The highest BCUT2D eigenvalue weighted by molar-refractivity contribution is 6.30. The maximum absolute atomic E-state index is 13.5. The number of halogens is 1. The Balaban J connectivity index is 1.45. The molecule has 0 spiro atoms. The van der Waals surface area contributed by atoms with Gasteiger partial charge in [0.2, 0.25) is 5.88 Å². The largest absolute Gasteiger partial charge is 0.491 e. The first-order chi connectivity index (χ1) is 15.0. The van der Waals surface area contributed by atoms with Gasteiger partial charge in [0, 0.05) is 23.2 Å². The van der Waals surface area contributed by atoms with E-state index in [4.69, 9.17) is 21.1 Å². The summed E-state index contributed by atoms with van der Waals surface area (Å²) in [5.41, 5.74) is 2.33. The number of carbonyl (C=O) groups is 2. The second kappa shape index (κ2) is 8.04. The molecule has 5 rings (SSSR count). The normalized spacial score (nSPS) is 18.5. The first kappa shape index (κ1) is 20.1. The number of aromatic nitrogens is 1. The number of carbonyl (C=O) groups excluding carboxylic acids is 2. The van der Waals surface area contributed by atoms with Crippen molar-refractivity contribution in [1.29, 1.82) is 0 Å². The van der Waals surface area contributed by atoms with Crippen LogP contribution in [0.2, 0.25) is 5.02 Å². The highest BCUT2D eigenvalue weighted by atomic mass is 35.5. The molecule has 3 heterocycles. The maximum atomic E-state index is 13.5. The Bertz CT molecular complexity index is 1050. The third-order valence-corrected chi connectivity index (χ3v) is 6.59. The monoisotopic (exact) mass is 441 g/mol. The fourth-order valence-corrected chi connectivity index (χ4v) is 4.95. The zero-order chi connectivity index (χ0) is 21.5. The fourth-order valence-electron chi connectivity index (χ4n) is 4.75. The molecule has 8 heteroatoms. The number of hydrogen-bond acceptors (Lipinski definition) is 5. The SMILES string of the molecule is COc1nc2c(cc1C(=O)N1CCOc3ccc(Cl)cc3C1)C(=O)N(C1CCCC1)C2. The molecule has 31 heavy (non-hydrogen) atoms. The Kier molecular flexibility index (Phi) is 5.22. The summed E-state index contributed by atoms with van der Waals surface area (Å²) in [7, 11) is 1.50. The van der Waals surface area contributed by atoms with Crippen LogP contribution in [0.4, 0.5) is 0 Å². The van der Waals surface area contributed by atoms with Gasteiger partial charge in [0.15, 0.2) is 0 Å². The van der Waals surface area contributed by atoms with E-state index in [1.165, 1.54) is 7.11 Å². The fraction of sp³-hybridized carbons (Fsp3) is 0.435. The number of pyridine rings is 1. The Morgan fingerprint density at radius 1 is 1.23 bits per heavy atom. The lowest BCUT2D eigenvalue weighted by atomic mass is 10.1. The minimum Gasteiger partial charge on any atom is -0.491 e. The van der Waals surface area contributed by atoms with Crippen molar-refractivity contribution in [2.45, 2.75) is 44.8 Å². The van der Waals surface area contributed by atoms with Crippen LogP contribution < -0.4 is 9.47 Å². The molecule has 2 amide bonds. The van der Waals surface area contributed by atoms with E-state index in [9.17, 15) is 9.59 Å². The van der Waals surface area contributed by atoms with Crippen LogP contribution in [0.3, 0.4) is 0 Å². The summed E-state index contributed by atoms with van der Waals surface area (Å²) in [4.78, 5) is 34.7. The van der Waals surface area contributed by atoms with Gasteiger partial charge in [-0.1, -0.05) is 24.4 Å². The summed E-state index contributed by atoms with van der Waals surface area (Å²) in [6, 6.07) is 7.32. The number of rotatable bonds is 3. The number of methoxy groups -OCH3 is 1. The first-order valence-corrected chi connectivity index (χ1v) is 11.0. The highest BCUT2D eigenvalue weighted by Gasteiger charge is 2.37. The van der Waals surface area contributed by atoms with Crippen LogP contribution in [0.1, 0.15) is 57.7 Å². The van der Waals surface area contributed by atoms with E-state index in [1.54, 1.807) is 17.0 Å². The Hall–Kier alpha value is -2.80. The van der Waals surface area contributed by atoms with Crippen LogP contribution in [0.15, 0.2) is 24.3 Å². The van der Waals surface area contributed by atoms with E-state index in [-0.39, 0.29) is 23.7 Å². The van der Waals surface area contributed by atoms with Crippen molar-refractivity contribution in [2.24, 2.45) is 0 Å². The van der Waals surface area contributed by atoms with Crippen molar-refractivity contribution in [3.63, 3.8) is 0 Å². The second-order valence-corrected chi connectivity index (χ2v) is 8.67. The summed E-state index contributed by atoms with van der Waals surface area (Å²) in [5.74, 6) is 0.695. The summed E-state index contributed by atoms with van der Waals surface area (Å²) < 4.78 is 11.2.